The molecule has 1 aromatic carbocycles. The molecule has 0 bridgehead atoms. The van der Waals surface area contributed by atoms with Crippen molar-refractivity contribution >= 4 is 17.3 Å². The lowest BCUT2D eigenvalue weighted by Crippen LogP contribution is -2.18. The van der Waals surface area contributed by atoms with Gasteiger partial charge < -0.3 is 10.2 Å². The van der Waals surface area contributed by atoms with Crippen molar-refractivity contribution in [3.63, 3.8) is 0 Å². The van der Waals surface area contributed by atoms with Gasteiger partial charge in [0.1, 0.15) is 24.5 Å². The largest absolute Gasteiger partial charge is 0.346 e. The molecule has 0 amide bonds. The first kappa shape index (κ1) is 13.8. The summed E-state index contributed by atoms with van der Waals surface area (Å²) in [6.07, 6.45) is 1.49. The van der Waals surface area contributed by atoms with Crippen LogP contribution in [0.2, 0.25) is 0 Å². The van der Waals surface area contributed by atoms with Crippen molar-refractivity contribution in [2.75, 3.05) is 23.8 Å². The summed E-state index contributed by atoms with van der Waals surface area (Å²) in [5.74, 6) is 1.43. The average molecular weight is 267 g/mol. The highest BCUT2D eigenvalue weighted by atomic mass is 15.2. The van der Waals surface area contributed by atoms with Crippen LogP contribution >= 0.6 is 0 Å². The molecule has 0 aliphatic carbocycles. The predicted octanol–water partition coefficient (Wildman–Crippen LogP) is 2.80. The van der Waals surface area contributed by atoms with E-state index in [0.717, 1.165) is 5.69 Å². The van der Waals surface area contributed by atoms with Gasteiger partial charge >= 0.3 is 0 Å². The highest BCUT2D eigenvalue weighted by Gasteiger charge is 2.04. The zero-order valence-corrected chi connectivity index (χ0v) is 11.9. The molecule has 2 rings (SSSR count). The molecular weight excluding hydrogens is 250 g/mol. The lowest BCUT2D eigenvalue weighted by atomic mass is 10.1. The second kappa shape index (κ2) is 6.02. The molecule has 1 heterocycles. The number of benzene rings is 1. The van der Waals surface area contributed by atoms with Gasteiger partial charge in [-0.25, -0.2) is 9.97 Å². The molecule has 0 spiro atoms. The number of nitrogens with zero attached hydrogens (tertiary/aromatic N) is 4. The average Bonchev–Trinajstić information content (AvgIpc) is 2.38. The minimum Gasteiger partial charge on any atom is -0.346 e. The van der Waals surface area contributed by atoms with Crippen LogP contribution in [-0.2, 0) is 0 Å². The molecule has 0 saturated carbocycles. The fraction of sp³-hybridized carbons (Fsp3) is 0.267. The van der Waals surface area contributed by atoms with Gasteiger partial charge in [-0.2, -0.15) is 5.26 Å². The highest BCUT2D eigenvalue weighted by molar-refractivity contribution is 5.60. The molecule has 2 aromatic rings. The summed E-state index contributed by atoms with van der Waals surface area (Å²) in [6, 6.07) is 10.2. The molecule has 102 valence electrons. The topological polar surface area (TPSA) is 64.8 Å². The number of aryl methyl sites for hydroxylation is 2. The van der Waals surface area contributed by atoms with Crippen LogP contribution in [0.5, 0.6) is 0 Å². The molecule has 0 aliphatic rings. The fourth-order valence-corrected chi connectivity index (χ4v) is 2.01. The molecule has 0 unspecified atom stereocenters. The van der Waals surface area contributed by atoms with Crippen LogP contribution < -0.4 is 10.2 Å². The summed E-state index contributed by atoms with van der Waals surface area (Å²) in [4.78, 5) is 10.1. The Labute approximate surface area is 118 Å². The maximum absolute atomic E-state index is 8.71. The van der Waals surface area contributed by atoms with Crippen molar-refractivity contribution in [1.29, 1.82) is 5.26 Å². The Morgan fingerprint density at radius 3 is 2.50 bits per heavy atom. The molecule has 0 aliphatic heterocycles. The second-order valence-corrected chi connectivity index (χ2v) is 4.78. The van der Waals surface area contributed by atoms with E-state index < -0.39 is 0 Å². The van der Waals surface area contributed by atoms with E-state index in [1.807, 2.05) is 13.1 Å². The van der Waals surface area contributed by atoms with Gasteiger partial charge in [-0.3, -0.25) is 0 Å². The van der Waals surface area contributed by atoms with Crippen molar-refractivity contribution < 1.29 is 0 Å². The molecule has 1 aromatic heterocycles. The van der Waals surface area contributed by atoms with Gasteiger partial charge in [0.25, 0.3) is 0 Å². The normalized spacial score (nSPS) is 9.90. The van der Waals surface area contributed by atoms with Crippen LogP contribution in [0.25, 0.3) is 0 Å². The van der Waals surface area contributed by atoms with Crippen LogP contribution in [0.15, 0.2) is 30.6 Å². The first-order valence-electron chi connectivity index (χ1n) is 6.34. The molecule has 20 heavy (non-hydrogen) atoms. The number of hydrogen-bond acceptors (Lipinski definition) is 5. The Hall–Kier alpha value is -2.61. The fourth-order valence-electron chi connectivity index (χ4n) is 2.01. The van der Waals surface area contributed by atoms with Crippen molar-refractivity contribution in [3.8, 4) is 6.07 Å². The Kier molecular flexibility index (Phi) is 4.16. The van der Waals surface area contributed by atoms with E-state index in [1.54, 1.807) is 4.90 Å². The van der Waals surface area contributed by atoms with Crippen LogP contribution in [0.3, 0.4) is 0 Å². The van der Waals surface area contributed by atoms with E-state index in [4.69, 9.17) is 5.26 Å². The summed E-state index contributed by atoms with van der Waals surface area (Å²) in [7, 11) is 1.83. The number of hydrogen-bond donors (Lipinski definition) is 1. The number of aromatic nitrogens is 2. The first-order chi connectivity index (χ1) is 9.58. The molecular formula is C15H17N5. The summed E-state index contributed by atoms with van der Waals surface area (Å²) < 4.78 is 0. The highest BCUT2D eigenvalue weighted by Crippen LogP contribution is 2.20. The quantitative estimate of drug-likeness (QED) is 0.863. The Morgan fingerprint density at radius 1 is 1.15 bits per heavy atom. The van der Waals surface area contributed by atoms with Crippen LogP contribution in [-0.4, -0.2) is 23.6 Å². The number of rotatable bonds is 4. The van der Waals surface area contributed by atoms with Crippen LogP contribution in [0.1, 0.15) is 11.1 Å². The lowest BCUT2D eigenvalue weighted by Gasteiger charge is -2.15. The molecule has 5 heteroatoms. The van der Waals surface area contributed by atoms with Crippen molar-refractivity contribution in [2.24, 2.45) is 0 Å². The Balaban J connectivity index is 2.21. The Morgan fingerprint density at radius 2 is 1.85 bits per heavy atom. The molecule has 0 atom stereocenters. The predicted molar refractivity (Wildman–Crippen MR) is 80.1 cm³/mol. The third-order valence-electron chi connectivity index (χ3n) is 2.85. The van der Waals surface area contributed by atoms with Gasteiger partial charge in [0.2, 0.25) is 0 Å². The zero-order valence-electron chi connectivity index (χ0n) is 11.9. The van der Waals surface area contributed by atoms with Crippen molar-refractivity contribution in [1.82, 2.24) is 9.97 Å². The van der Waals surface area contributed by atoms with Gasteiger partial charge in [-0.1, -0.05) is 6.07 Å². The van der Waals surface area contributed by atoms with E-state index in [1.165, 1.54) is 17.5 Å². The van der Waals surface area contributed by atoms with Gasteiger partial charge in [-0.05, 0) is 37.1 Å². The monoisotopic (exact) mass is 267 g/mol. The summed E-state index contributed by atoms with van der Waals surface area (Å²) >= 11 is 0. The molecule has 5 nitrogen and oxygen atoms in total. The molecule has 0 saturated heterocycles. The maximum Gasteiger partial charge on any atom is 0.135 e. The van der Waals surface area contributed by atoms with Crippen molar-refractivity contribution in [2.45, 2.75) is 13.8 Å². The molecule has 0 fully saturated rings. The third kappa shape index (κ3) is 3.45. The Bertz CT molecular complexity index is 625. The minimum atomic E-state index is 0.292. The summed E-state index contributed by atoms with van der Waals surface area (Å²) in [5.41, 5.74) is 3.39. The SMILES string of the molecule is Cc1cc(C)cc(Nc2cc(N(C)CC#N)ncn2)c1. The smallest absolute Gasteiger partial charge is 0.135 e. The van der Waals surface area contributed by atoms with Gasteiger partial charge in [0.15, 0.2) is 0 Å². The first-order valence-corrected chi connectivity index (χ1v) is 6.34. The summed E-state index contributed by atoms with van der Waals surface area (Å²) in [6.45, 7) is 4.41. The number of nitrogens with one attached hydrogen (secondary N) is 1. The third-order valence-corrected chi connectivity index (χ3v) is 2.85. The minimum absolute atomic E-state index is 0.292. The van der Waals surface area contributed by atoms with E-state index in [0.29, 0.717) is 18.2 Å². The van der Waals surface area contributed by atoms with E-state index in [9.17, 15) is 0 Å². The standard InChI is InChI=1S/C15H17N5/c1-11-6-12(2)8-13(7-11)19-14-9-15(18-10-17-14)20(3)5-4-16/h6-10H,5H2,1-3H3,(H,17,18,19). The van der Waals surface area contributed by atoms with Gasteiger partial charge in [-0.15, -0.1) is 0 Å². The van der Waals surface area contributed by atoms with Gasteiger partial charge in [0, 0.05) is 18.8 Å². The summed E-state index contributed by atoms with van der Waals surface area (Å²) in [5, 5.41) is 12.0. The van der Waals surface area contributed by atoms with E-state index in [-0.39, 0.29) is 0 Å². The van der Waals surface area contributed by atoms with Crippen LogP contribution in [0, 0.1) is 25.2 Å². The number of anilines is 3. The van der Waals surface area contributed by atoms with E-state index >= 15 is 0 Å². The number of nitriles is 1. The van der Waals surface area contributed by atoms with E-state index in [2.05, 4.69) is 53.4 Å². The molecule has 0 radical (unpaired) electrons. The second-order valence-electron chi connectivity index (χ2n) is 4.78. The maximum atomic E-state index is 8.71. The zero-order chi connectivity index (χ0) is 14.5. The van der Waals surface area contributed by atoms with Crippen LogP contribution in [0.4, 0.5) is 17.3 Å². The molecule has 1 N–H and O–H groups in total. The lowest BCUT2D eigenvalue weighted by molar-refractivity contribution is 0.981. The van der Waals surface area contributed by atoms with Gasteiger partial charge in [0.05, 0.1) is 6.07 Å². The van der Waals surface area contributed by atoms with Crippen molar-refractivity contribution in [3.05, 3.63) is 41.7 Å².